The SMILES string of the molecule is CC(C(=O)NCC1CCCN(C)C1)C1CNC1. The third kappa shape index (κ3) is 3.42. The molecule has 4 nitrogen and oxygen atoms in total. The molecule has 17 heavy (non-hydrogen) atoms. The number of nitrogens with one attached hydrogen (secondary N) is 2. The summed E-state index contributed by atoms with van der Waals surface area (Å²) in [6, 6.07) is 0. The second-order valence-electron chi connectivity index (χ2n) is 5.72. The van der Waals surface area contributed by atoms with Gasteiger partial charge in [-0.05, 0) is 51.4 Å². The van der Waals surface area contributed by atoms with E-state index in [-0.39, 0.29) is 11.8 Å². The highest BCUT2D eigenvalue weighted by molar-refractivity contribution is 5.78. The van der Waals surface area contributed by atoms with Crippen LogP contribution in [-0.4, -0.2) is 50.6 Å². The van der Waals surface area contributed by atoms with E-state index in [1.165, 1.54) is 19.4 Å². The van der Waals surface area contributed by atoms with Gasteiger partial charge >= 0.3 is 0 Å². The molecule has 0 radical (unpaired) electrons. The van der Waals surface area contributed by atoms with Crippen LogP contribution in [0.25, 0.3) is 0 Å². The van der Waals surface area contributed by atoms with Crippen molar-refractivity contribution in [3.63, 3.8) is 0 Å². The molecular formula is C13H25N3O. The van der Waals surface area contributed by atoms with Crippen LogP contribution in [0.5, 0.6) is 0 Å². The van der Waals surface area contributed by atoms with E-state index < -0.39 is 0 Å². The van der Waals surface area contributed by atoms with Crippen molar-refractivity contribution in [3.8, 4) is 0 Å². The molecule has 2 fully saturated rings. The van der Waals surface area contributed by atoms with E-state index in [0.29, 0.717) is 11.8 Å². The first kappa shape index (κ1) is 12.8. The summed E-state index contributed by atoms with van der Waals surface area (Å²) in [7, 11) is 2.16. The summed E-state index contributed by atoms with van der Waals surface area (Å²) < 4.78 is 0. The molecular weight excluding hydrogens is 214 g/mol. The van der Waals surface area contributed by atoms with Crippen molar-refractivity contribution in [1.82, 2.24) is 15.5 Å². The van der Waals surface area contributed by atoms with E-state index in [2.05, 4.69) is 22.6 Å². The monoisotopic (exact) mass is 239 g/mol. The lowest BCUT2D eigenvalue weighted by molar-refractivity contribution is -0.126. The summed E-state index contributed by atoms with van der Waals surface area (Å²) >= 11 is 0. The lowest BCUT2D eigenvalue weighted by Gasteiger charge is -2.33. The normalized spacial score (nSPS) is 28.5. The van der Waals surface area contributed by atoms with Crippen molar-refractivity contribution in [2.45, 2.75) is 19.8 Å². The minimum absolute atomic E-state index is 0.164. The van der Waals surface area contributed by atoms with Crippen LogP contribution in [0.4, 0.5) is 0 Å². The Bertz CT molecular complexity index is 265. The van der Waals surface area contributed by atoms with Gasteiger partial charge < -0.3 is 15.5 Å². The summed E-state index contributed by atoms with van der Waals surface area (Å²) in [5, 5.41) is 6.35. The predicted molar refractivity (Wildman–Crippen MR) is 68.8 cm³/mol. The van der Waals surface area contributed by atoms with Gasteiger partial charge in [0.1, 0.15) is 0 Å². The molecule has 2 aliphatic heterocycles. The Labute approximate surface area is 104 Å². The lowest BCUT2D eigenvalue weighted by Crippen LogP contribution is -2.50. The van der Waals surface area contributed by atoms with Gasteiger partial charge in [-0.15, -0.1) is 0 Å². The summed E-state index contributed by atoms with van der Waals surface area (Å²) in [5.41, 5.74) is 0. The van der Waals surface area contributed by atoms with Gasteiger partial charge in [-0.1, -0.05) is 6.92 Å². The first-order valence-corrected chi connectivity index (χ1v) is 6.84. The van der Waals surface area contributed by atoms with Crippen molar-refractivity contribution >= 4 is 5.91 Å². The fourth-order valence-electron chi connectivity index (χ4n) is 2.72. The molecule has 0 aliphatic carbocycles. The Morgan fingerprint density at radius 2 is 2.29 bits per heavy atom. The first-order chi connectivity index (χ1) is 8.16. The zero-order valence-corrected chi connectivity index (χ0v) is 11.0. The molecule has 0 aromatic heterocycles. The Kier molecular flexibility index (Phi) is 4.40. The van der Waals surface area contributed by atoms with Crippen molar-refractivity contribution in [2.24, 2.45) is 17.8 Å². The Morgan fingerprint density at radius 3 is 2.88 bits per heavy atom. The van der Waals surface area contributed by atoms with Crippen LogP contribution < -0.4 is 10.6 Å². The Balaban J connectivity index is 1.68. The number of carbonyl (C=O) groups is 1. The van der Waals surface area contributed by atoms with Gasteiger partial charge in [-0.25, -0.2) is 0 Å². The summed E-state index contributed by atoms with van der Waals surface area (Å²) in [5.74, 6) is 1.59. The van der Waals surface area contributed by atoms with E-state index in [1.807, 2.05) is 6.92 Å². The van der Waals surface area contributed by atoms with Crippen molar-refractivity contribution in [1.29, 1.82) is 0 Å². The lowest BCUT2D eigenvalue weighted by atomic mass is 9.88. The highest BCUT2D eigenvalue weighted by Crippen LogP contribution is 2.17. The maximum Gasteiger partial charge on any atom is 0.223 e. The van der Waals surface area contributed by atoms with Crippen LogP contribution in [0, 0.1) is 17.8 Å². The van der Waals surface area contributed by atoms with Gasteiger partial charge in [-0.3, -0.25) is 4.79 Å². The smallest absolute Gasteiger partial charge is 0.223 e. The van der Waals surface area contributed by atoms with Gasteiger partial charge in [0.05, 0.1) is 0 Å². The highest BCUT2D eigenvalue weighted by Gasteiger charge is 2.29. The van der Waals surface area contributed by atoms with Crippen molar-refractivity contribution in [3.05, 3.63) is 0 Å². The minimum atomic E-state index is 0.164. The minimum Gasteiger partial charge on any atom is -0.356 e. The zero-order valence-electron chi connectivity index (χ0n) is 11.0. The zero-order chi connectivity index (χ0) is 12.3. The van der Waals surface area contributed by atoms with Crippen LogP contribution in [0.15, 0.2) is 0 Å². The van der Waals surface area contributed by atoms with Gasteiger partial charge in [0, 0.05) is 19.0 Å². The van der Waals surface area contributed by atoms with E-state index >= 15 is 0 Å². The fourth-order valence-corrected chi connectivity index (χ4v) is 2.72. The molecule has 2 saturated heterocycles. The molecule has 0 spiro atoms. The number of piperidine rings is 1. The molecule has 2 N–H and O–H groups in total. The largest absolute Gasteiger partial charge is 0.356 e. The summed E-state index contributed by atoms with van der Waals surface area (Å²) in [6.07, 6.45) is 2.52. The first-order valence-electron chi connectivity index (χ1n) is 6.84. The Hall–Kier alpha value is -0.610. The molecule has 98 valence electrons. The predicted octanol–water partition coefficient (Wildman–Crippen LogP) is 0.300. The van der Waals surface area contributed by atoms with Gasteiger partial charge in [0.2, 0.25) is 5.91 Å². The van der Waals surface area contributed by atoms with Gasteiger partial charge in [-0.2, -0.15) is 0 Å². The second kappa shape index (κ2) is 5.83. The van der Waals surface area contributed by atoms with Crippen LogP contribution in [0.3, 0.4) is 0 Å². The van der Waals surface area contributed by atoms with E-state index in [1.54, 1.807) is 0 Å². The van der Waals surface area contributed by atoms with Gasteiger partial charge in [0.25, 0.3) is 0 Å². The van der Waals surface area contributed by atoms with Crippen LogP contribution in [0.2, 0.25) is 0 Å². The number of likely N-dealkylation sites (tertiary alicyclic amines) is 1. The maximum atomic E-state index is 11.9. The van der Waals surface area contributed by atoms with E-state index in [9.17, 15) is 4.79 Å². The second-order valence-corrected chi connectivity index (χ2v) is 5.72. The molecule has 2 aliphatic rings. The number of nitrogens with zero attached hydrogens (tertiary/aromatic N) is 1. The third-order valence-electron chi connectivity index (χ3n) is 4.22. The van der Waals surface area contributed by atoms with Crippen LogP contribution in [0.1, 0.15) is 19.8 Å². The number of carbonyl (C=O) groups excluding carboxylic acids is 1. The highest BCUT2D eigenvalue weighted by atomic mass is 16.1. The average molecular weight is 239 g/mol. The number of hydrogen-bond donors (Lipinski definition) is 2. The molecule has 0 aromatic rings. The molecule has 2 unspecified atom stereocenters. The Morgan fingerprint density at radius 1 is 1.53 bits per heavy atom. The van der Waals surface area contributed by atoms with Crippen LogP contribution >= 0.6 is 0 Å². The molecule has 2 rings (SSSR count). The van der Waals surface area contributed by atoms with Crippen LogP contribution in [-0.2, 0) is 4.79 Å². The molecule has 4 heteroatoms. The average Bonchev–Trinajstić information content (AvgIpc) is 2.23. The third-order valence-corrected chi connectivity index (χ3v) is 4.22. The molecule has 0 aromatic carbocycles. The van der Waals surface area contributed by atoms with Gasteiger partial charge in [0.15, 0.2) is 0 Å². The number of hydrogen-bond acceptors (Lipinski definition) is 3. The molecule has 1 amide bonds. The standard InChI is InChI=1S/C13H25N3O/c1-10(12-7-14-8-12)13(17)15-6-11-4-3-5-16(2)9-11/h10-12,14H,3-9H2,1-2H3,(H,15,17). The van der Waals surface area contributed by atoms with Crippen molar-refractivity contribution < 1.29 is 4.79 Å². The quantitative estimate of drug-likeness (QED) is 0.741. The summed E-state index contributed by atoms with van der Waals surface area (Å²) in [4.78, 5) is 14.3. The number of rotatable bonds is 4. The van der Waals surface area contributed by atoms with Crippen molar-refractivity contribution in [2.75, 3.05) is 39.8 Å². The molecule has 0 saturated carbocycles. The molecule has 2 atom stereocenters. The molecule has 0 bridgehead atoms. The van der Waals surface area contributed by atoms with E-state index in [0.717, 1.165) is 26.2 Å². The fraction of sp³-hybridized carbons (Fsp3) is 0.923. The van der Waals surface area contributed by atoms with E-state index in [4.69, 9.17) is 0 Å². The topological polar surface area (TPSA) is 44.4 Å². The molecule has 2 heterocycles. The summed E-state index contributed by atoms with van der Waals surface area (Å²) in [6.45, 7) is 7.23. The maximum absolute atomic E-state index is 11.9. The number of amides is 1.